The summed E-state index contributed by atoms with van der Waals surface area (Å²) in [7, 11) is 0. The van der Waals surface area contributed by atoms with Gasteiger partial charge < -0.3 is 10.0 Å². The number of carbonyl (C=O) groups is 1. The highest BCUT2D eigenvalue weighted by Gasteiger charge is 2.42. The number of likely N-dealkylation sites (tertiary alicyclic amines) is 1. The molecule has 1 saturated heterocycles. The fourth-order valence-electron chi connectivity index (χ4n) is 2.27. The molecule has 1 aromatic heterocycles. The molecule has 2 heterocycles. The number of aromatic nitrogens is 1. The predicted octanol–water partition coefficient (Wildman–Crippen LogP) is 1.38. The van der Waals surface area contributed by atoms with Crippen molar-refractivity contribution in [1.82, 2.24) is 9.88 Å². The molecule has 1 unspecified atom stereocenters. The van der Waals surface area contributed by atoms with Crippen LogP contribution in [0.3, 0.4) is 0 Å². The minimum Gasteiger partial charge on any atom is -0.391 e. The van der Waals surface area contributed by atoms with Crippen molar-refractivity contribution in [2.24, 2.45) is 0 Å². The molecular formula is C13H18N2O2. The molecule has 1 fully saturated rings. The van der Waals surface area contributed by atoms with Crippen LogP contribution in [0.2, 0.25) is 0 Å². The van der Waals surface area contributed by atoms with E-state index in [0.717, 1.165) is 5.69 Å². The standard InChI is InChI=1S/C13H18N2O2/c1-9-8-10(4-6-14-9)12(17)15-7-5-11(16)13(15,2)3/h4,6,8,11,16H,5,7H2,1-3H3. The second kappa shape index (κ2) is 4.11. The van der Waals surface area contributed by atoms with Gasteiger partial charge in [0.15, 0.2) is 0 Å². The number of pyridine rings is 1. The molecule has 92 valence electrons. The monoisotopic (exact) mass is 234 g/mol. The summed E-state index contributed by atoms with van der Waals surface area (Å²) in [5.41, 5.74) is 0.974. The number of aryl methyl sites for hydroxylation is 1. The Kier molecular flexibility index (Phi) is 2.91. The zero-order valence-corrected chi connectivity index (χ0v) is 10.5. The van der Waals surface area contributed by atoms with Crippen molar-refractivity contribution < 1.29 is 9.90 Å². The van der Waals surface area contributed by atoms with E-state index in [2.05, 4.69) is 4.98 Å². The first-order valence-electron chi connectivity index (χ1n) is 5.85. The average molecular weight is 234 g/mol. The summed E-state index contributed by atoms with van der Waals surface area (Å²) in [5.74, 6) is -0.0305. The highest BCUT2D eigenvalue weighted by molar-refractivity contribution is 5.95. The largest absolute Gasteiger partial charge is 0.391 e. The Bertz CT molecular complexity index is 443. The summed E-state index contributed by atoms with van der Waals surface area (Å²) in [6.07, 6.45) is 1.83. The molecule has 0 bridgehead atoms. The minimum absolute atomic E-state index is 0.0305. The number of amides is 1. The van der Waals surface area contributed by atoms with Crippen LogP contribution in [0.4, 0.5) is 0 Å². The third-order valence-corrected chi connectivity index (χ3v) is 3.53. The van der Waals surface area contributed by atoms with E-state index in [1.54, 1.807) is 23.2 Å². The molecule has 0 aromatic carbocycles. The number of rotatable bonds is 1. The molecule has 1 aliphatic heterocycles. The number of aliphatic hydroxyl groups is 1. The molecule has 2 rings (SSSR count). The maximum Gasteiger partial charge on any atom is 0.254 e. The van der Waals surface area contributed by atoms with Gasteiger partial charge in [0, 0.05) is 24.0 Å². The quantitative estimate of drug-likeness (QED) is 0.798. The molecule has 1 aromatic rings. The molecule has 0 aliphatic carbocycles. The smallest absolute Gasteiger partial charge is 0.254 e. The van der Waals surface area contributed by atoms with Gasteiger partial charge in [-0.05, 0) is 39.3 Å². The Morgan fingerprint density at radius 2 is 2.29 bits per heavy atom. The molecule has 1 atom stereocenters. The highest BCUT2D eigenvalue weighted by Crippen LogP contribution is 2.30. The van der Waals surface area contributed by atoms with E-state index < -0.39 is 11.6 Å². The first-order valence-corrected chi connectivity index (χ1v) is 5.85. The Morgan fingerprint density at radius 1 is 1.59 bits per heavy atom. The van der Waals surface area contributed by atoms with Crippen LogP contribution in [-0.2, 0) is 0 Å². The minimum atomic E-state index is -0.492. The van der Waals surface area contributed by atoms with Crippen molar-refractivity contribution in [1.29, 1.82) is 0 Å². The van der Waals surface area contributed by atoms with Crippen molar-refractivity contribution in [3.63, 3.8) is 0 Å². The summed E-state index contributed by atoms with van der Waals surface area (Å²) >= 11 is 0. The fraction of sp³-hybridized carbons (Fsp3) is 0.538. The van der Waals surface area contributed by atoms with Gasteiger partial charge in [-0.2, -0.15) is 0 Å². The third kappa shape index (κ3) is 2.05. The SMILES string of the molecule is Cc1cc(C(=O)N2CCC(O)C2(C)C)ccn1. The van der Waals surface area contributed by atoms with E-state index in [4.69, 9.17) is 0 Å². The van der Waals surface area contributed by atoms with Crippen LogP contribution < -0.4 is 0 Å². The normalized spacial score (nSPS) is 22.8. The Labute approximate surface area is 101 Å². The zero-order valence-electron chi connectivity index (χ0n) is 10.5. The van der Waals surface area contributed by atoms with Gasteiger partial charge in [-0.15, -0.1) is 0 Å². The second-order valence-corrected chi connectivity index (χ2v) is 5.10. The molecule has 0 radical (unpaired) electrons. The summed E-state index contributed by atoms with van der Waals surface area (Å²) in [6, 6.07) is 3.50. The zero-order chi connectivity index (χ0) is 12.6. The first kappa shape index (κ1) is 12.0. The first-order chi connectivity index (χ1) is 7.93. The molecule has 1 aliphatic rings. The molecule has 4 heteroatoms. The summed E-state index contributed by atoms with van der Waals surface area (Å²) in [5, 5.41) is 9.87. The summed E-state index contributed by atoms with van der Waals surface area (Å²) in [6.45, 7) is 6.27. The maximum atomic E-state index is 12.3. The van der Waals surface area contributed by atoms with Crippen LogP contribution in [0, 0.1) is 6.92 Å². The Hall–Kier alpha value is -1.42. The van der Waals surface area contributed by atoms with Crippen LogP contribution in [0.1, 0.15) is 36.3 Å². The van der Waals surface area contributed by atoms with Crippen molar-refractivity contribution in [2.75, 3.05) is 6.54 Å². The predicted molar refractivity (Wildman–Crippen MR) is 64.7 cm³/mol. The topological polar surface area (TPSA) is 53.4 Å². The Balaban J connectivity index is 2.27. The van der Waals surface area contributed by atoms with Gasteiger partial charge in [-0.3, -0.25) is 9.78 Å². The van der Waals surface area contributed by atoms with Crippen LogP contribution >= 0.6 is 0 Å². The molecule has 1 N–H and O–H groups in total. The molecule has 0 spiro atoms. The number of hydrogen-bond donors (Lipinski definition) is 1. The van der Waals surface area contributed by atoms with Crippen LogP contribution in [0.5, 0.6) is 0 Å². The van der Waals surface area contributed by atoms with E-state index in [0.29, 0.717) is 18.5 Å². The van der Waals surface area contributed by atoms with Gasteiger partial charge in [-0.1, -0.05) is 0 Å². The van der Waals surface area contributed by atoms with Crippen LogP contribution in [0.15, 0.2) is 18.3 Å². The number of hydrogen-bond acceptors (Lipinski definition) is 3. The van der Waals surface area contributed by atoms with Crippen molar-refractivity contribution in [3.05, 3.63) is 29.6 Å². The number of carbonyl (C=O) groups excluding carboxylic acids is 1. The van der Waals surface area contributed by atoms with Crippen molar-refractivity contribution in [2.45, 2.75) is 38.8 Å². The molecule has 4 nitrogen and oxygen atoms in total. The lowest BCUT2D eigenvalue weighted by atomic mass is 9.98. The average Bonchev–Trinajstić information content (AvgIpc) is 2.53. The summed E-state index contributed by atoms with van der Waals surface area (Å²) < 4.78 is 0. The Morgan fingerprint density at radius 3 is 2.82 bits per heavy atom. The van der Waals surface area contributed by atoms with E-state index in [-0.39, 0.29) is 5.91 Å². The molecule has 17 heavy (non-hydrogen) atoms. The lowest BCUT2D eigenvalue weighted by Gasteiger charge is -2.33. The fourth-order valence-corrected chi connectivity index (χ4v) is 2.27. The van der Waals surface area contributed by atoms with E-state index >= 15 is 0 Å². The number of nitrogens with zero attached hydrogens (tertiary/aromatic N) is 2. The van der Waals surface area contributed by atoms with Crippen molar-refractivity contribution >= 4 is 5.91 Å². The van der Waals surface area contributed by atoms with Gasteiger partial charge in [0.2, 0.25) is 0 Å². The maximum absolute atomic E-state index is 12.3. The van der Waals surface area contributed by atoms with E-state index in [1.165, 1.54) is 0 Å². The molecule has 1 amide bonds. The van der Waals surface area contributed by atoms with Gasteiger partial charge in [0.25, 0.3) is 5.91 Å². The molecular weight excluding hydrogens is 216 g/mol. The third-order valence-electron chi connectivity index (χ3n) is 3.53. The highest BCUT2D eigenvalue weighted by atomic mass is 16.3. The van der Waals surface area contributed by atoms with E-state index in [9.17, 15) is 9.90 Å². The van der Waals surface area contributed by atoms with E-state index in [1.807, 2.05) is 20.8 Å². The second-order valence-electron chi connectivity index (χ2n) is 5.10. The van der Waals surface area contributed by atoms with Gasteiger partial charge in [0.05, 0.1) is 11.6 Å². The summed E-state index contributed by atoms with van der Waals surface area (Å²) in [4.78, 5) is 18.2. The van der Waals surface area contributed by atoms with Crippen LogP contribution in [0.25, 0.3) is 0 Å². The lowest BCUT2D eigenvalue weighted by Crippen LogP contribution is -2.48. The number of aliphatic hydroxyl groups excluding tert-OH is 1. The van der Waals surface area contributed by atoms with Gasteiger partial charge in [-0.25, -0.2) is 0 Å². The van der Waals surface area contributed by atoms with Crippen LogP contribution in [-0.4, -0.2) is 39.1 Å². The molecule has 0 saturated carbocycles. The lowest BCUT2D eigenvalue weighted by molar-refractivity contribution is 0.0394. The van der Waals surface area contributed by atoms with Crippen molar-refractivity contribution in [3.8, 4) is 0 Å². The van der Waals surface area contributed by atoms with Gasteiger partial charge in [0.1, 0.15) is 0 Å². The van der Waals surface area contributed by atoms with Gasteiger partial charge >= 0.3 is 0 Å².